The lowest BCUT2D eigenvalue weighted by atomic mass is 10.1. The lowest BCUT2D eigenvalue weighted by Crippen LogP contribution is -2.22. The predicted molar refractivity (Wildman–Crippen MR) is 53.8 cm³/mol. The van der Waals surface area contributed by atoms with Crippen molar-refractivity contribution in [3.8, 4) is 12.3 Å². The van der Waals surface area contributed by atoms with Gasteiger partial charge in [0.05, 0.1) is 0 Å². The standard InChI is InChI=1S/C11H8N2O2/c1-2-7-3-5-8(6-4-7)9-10(14)13-11(15)12-9/h1,3-6,9H,(H2,12,13,14,15)/t9-/m1/s1. The number of imide groups is 1. The molecule has 0 aliphatic carbocycles. The Morgan fingerprint density at radius 2 is 1.87 bits per heavy atom. The van der Waals surface area contributed by atoms with Crippen LogP contribution in [0.25, 0.3) is 0 Å². The van der Waals surface area contributed by atoms with Gasteiger partial charge in [-0.25, -0.2) is 4.79 Å². The first-order valence-electron chi connectivity index (χ1n) is 4.38. The van der Waals surface area contributed by atoms with Gasteiger partial charge in [0.2, 0.25) is 0 Å². The maximum absolute atomic E-state index is 11.3. The van der Waals surface area contributed by atoms with Crippen LogP contribution in [-0.2, 0) is 4.79 Å². The summed E-state index contributed by atoms with van der Waals surface area (Å²) < 4.78 is 0. The Balaban J connectivity index is 2.27. The number of urea groups is 1. The van der Waals surface area contributed by atoms with Crippen molar-refractivity contribution in [2.24, 2.45) is 0 Å². The van der Waals surface area contributed by atoms with E-state index in [-0.39, 0.29) is 5.91 Å². The van der Waals surface area contributed by atoms with Gasteiger partial charge < -0.3 is 5.32 Å². The molecule has 0 spiro atoms. The van der Waals surface area contributed by atoms with Gasteiger partial charge >= 0.3 is 6.03 Å². The fourth-order valence-electron chi connectivity index (χ4n) is 1.42. The SMILES string of the molecule is C#Cc1ccc([C@H]2NC(=O)NC2=O)cc1. The van der Waals surface area contributed by atoms with Gasteiger partial charge in [-0.1, -0.05) is 18.1 Å². The molecule has 1 saturated heterocycles. The second kappa shape index (κ2) is 3.46. The zero-order valence-electron chi connectivity index (χ0n) is 7.78. The highest BCUT2D eigenvalue weighted by Gasteiger charge is 2.30. The van der Waals surface area contributed by atoms with Crippen LogP contribution in [0.15, 0.2) is 24.3 Å². The Kier molecular flexibility index (Phi) is 2.14. The highest BCUT2D eigenvalue weighted by molar-refractivity contribution is 6.04. The van der Waals surface area contributed by atoms with E-state index in [1.165, 1.54) is 0 Å². The second-order valence-corrected chi connectivity index (χ2v) is 3.16. The molecule has 2 N–H and O–H groups in total. The Bertz CT molecular complexity index is 456. The van der Waals surface area contributed by atoms with Crippen LogP contribution in [0, 0.1) is 12.3 Å². The van der Waals surface area contributed by atoms with E-state index in [9.17, 15) is 9.59 Å². The highest BCUT2D eigenvalue weighted by atomic mass is 16.2. The van der Waals surface area contributed by atoms with Crippen LogP contribution in [0.3, 0.4) is 0 Å². The molecule has 0 radical (unpaired) electrons. The molecule has 3 amide bonds. The van der Waals surface area contributed by atoms with Gasteiger partial charge in [-0.05, 0) is 17.7 Å². The molecular formula is C11H8N2O2. The summed E-state index contributed by atoms with van der Waals surface area (Å²) in [6.45, 7) is 0. The van der Waals surface area contributed by atoms with Crippen LogP contribution >= 0.6 is 0 Å². The number of carbonyl (C=O) groups is 2. The minimum atomic E-state index is -0.607. The number of carbonyl (C=O) groups excluding carboxylic acids is 2. The lowest BCUT2D eigenvalue weighted by molar-refractivity contribution is -0.120. The van der Waals surface area contributed by atoms with Crippen molar-refractivity contribution in [1.29, 1.82) is 0 Å². The molecule has 4 heteroatoms. The van der Waals surface area contributed by atoms with E-state index in [1.54, 1.807) is 24.3 Å². The summed E-state index contributed by atoms with van der Waals surface area (Å²) in [5.74, 6) is 2.14. The van der Waals surface area contributed by atoms with E-state index in [2.05, 4.69) is 16.6 Å². The Labute approximate surface area is 86.7 Å². The highest BCUT2D eigenvalue weighted by Crippen LogP contribution is 2.16. The fraction of sp³-hybridized carbons (Fsp3) is 0.0909. The Hall–Kier alpha value is -2.28. The molecule has 1 aromatic carbocycles. The molecule has 4 nitrogen and oxygen atoms in total. The fourth-order valence-corrected chi connectivity index (χ4v) is 1.42. The smallest absolute Gasteiger partial charge is 0.322 e. The first kappa shape index (κ1) is 9.28. The van der Waals surface area contributed by atoms with Gasteiger partial charge in [0.1, 0.15) is 6.04 Å². The first-order chi connectivity index (χ1) is 7.20. The van der Waals surface area contributed by atoms with Crippen molar-refractivity contribution in [3.05, 3.63) is 35.4 Å². The van der Waals surface area contributed by atoms with Crippen LogP contribution in [0.5, 0.6) is 0 Å². The number of rotatable bonds is 1. The van der Waals surface area contributed by atoms with E-state index < -0.39 is 12.1 Å². The molecule has 1 aromatic rings. The van der Waals surface area contributed by atoms with Gasteiger partial charge in [-0.2, -0.15) is 0 Å². The normalized spacial score (nSPS) is 19.3. The third kappa shape index (κ3) is 1.67. The van der Waals surface area contributed by atoms with Crippen molar-refractivity contribution in [3.63, 3.8) is 0 Å². The number of hydrogen-bond acceptors (Lipinski definition) is 2. The first-order valence-corrected chi connectivity index (χ1v) is 4.38. The van der Waals surface area contributed by atoms with Crippen molar-refractivity contribution in [2.75, 3.05) is 0 Å². The van der Waals surface area contributed by atoms with E-state index in [4.69, 9.17) is 6.42 Å². The number of hydrogen-bond donors (Lipinski definition) is 2. The summed E-state index contributed by atoms with van der Waals surface area (Å²) in [5.41, 5.74) is 1.46. The van der Waals surface area contributed by atoms with Gasteiger partial charge in [0, 0.05) is 5.56 Å². The summed E-state index contributed by atoms with van der Waals surface area (Å²) in [5, 5.41) is 4.67. The summed E-state index contributed by atoms with van der Waals surface area (Å²) in [4.78, 5) is 22.2. The van der Waals surface area contributed by atoms with Gasteiger partial charge in [0.15, 0.2) is 0 Å². The molecule has 1 aliphatic heterocycles. The summed E-state index contributed by atoms with van der Waals surface area (Å²) in [6, 6.07) is 5.84. The number of benzene rings is 1. The van der Waals surface area contributed by atoms with Crippen molar-refractivity contribution in [2.45, 2.75) is 6.04 Å². The molecule has 15 heavy (non-hydrogen) atoms. The van der Waals surface area contributed by atoms with Gasteiger partial charge in [-0.3, -0.25) is 10.1 Å². The topological polar surface area (TPSA) is 58.2 Å². The quantitative estimate of drug-likeness (QED) is 0.513. The Morgan fingerprint density at radius 1 is 1.20 bits per heavy atom. The van der Waals surface area contributed by atoms with Crippen LogP contribution in [-0.4, -0.2) is 11.9 Å². The maximum Gasteiger partial charge on any atom is 0.322 e. The predicted octanol–water partition coefficient (Wildman–Crippen LogP) is 0.548. The van der Waals surface area contributed by atoms with E-state index in [1.807, 2.05) is 0 Å². The maximum atomic E-state index is 11.3. The molecule has 1 fully saturated rings. The molecule has 0 aromatic heterocycles. The second-order valence-electron chi connectivity index (χ2n) is 3.16. The van der Waals surface area contributed by atoms with Crippen LogP contribution in [0.1, 0.15) is 17.2 Å². The number of nitrogens with one attached hydrogen (secondary N) is 2. The molecule has 0 bridgehead atoms. The minimum absolute atomic E-state index is 0.339. The zero-order valence-corrected chi connectivity index (χ0v) is 7.78. The molecule has 2 rings (SSSR count). The average molecular weight is 200 g/mol. The minimum Gasteiger partial charge on any atom is -0.322 e. The average Bonchev–Trinajstić information content (AvgIpc) is 2.58. The number of terminal acetylenes is 1. The monoisotopic (exact) mass is 200 g/mol. The van der Waals surface area contributed by atoms with Crippen molar-refractivity contribution < 1.29 is 9.59 Å². The molecule has 0 saturated carbocycles. The largest absolute Gasteiger partial charge is 0.322 e. The van der Waals surface area contributed by atoms with E-state index in [0.29, 0.717) is 0 Å². The molecule has 0 unspecified atom stereocenters. The van der Waals surface area contributed by atoms with E-state index in [0.717, 1.165) is 11.1 Å². The molecule has 74 valence electrons. The third-order valence-corrected chi connectivity index (χ3v) is 2.19. The Morgan fingerprint density at radius 3 is 2.33 bits per heavy atom. The molecule has 1 aliphatic rings. The molecular weight excluding hydrogens is 192 g/mol. The third-order valence-electron chi connectivity index (χ3n) is 2.19. The molecule has 1 atom stereocenters. The number of amides is 3. The zero-order chi connectivity index (χ0) is 10.8. The van der Waals surface area contributed by atoms with Crippen molar-refractivity contribution in [1.82, 2.24) is 10.6 Å². The summed E-state index contributed by atoms with van der Waals surface area (Å²) in [6.07, 6.45) is 5.20. The van der Waals surface area contributed by atoms with E-state index >= 15 is 0 Å². The van der Waals surface area contributed by atoms with Crippen LogP contribution < -0.4 is 10.6 Å². The van der Waals surface area contributed by atoms with Crippen LogP contribution in [0.4, 0.5) is 4.79 Å². The van der Waals surface area contributed by atoms with Gasteiger partial charge in [0.25, 0.3) is 5.91 Å². The summed E-state index contributed by atoms with van der Waals surface area (Å²) >= 11 is 0. The molecule has 1 heterocycles. The van der Waals surface area contributed by atoms with Crippen molar-refractivity contribution >= 4 is 11.9 Å². The van der Waals surface area contributed by atoms with Gasteiger partial charge in [-0.15, -0.1) is 6.42 Å². The van der Waals surface area contributed by atoms with Crippen LogP contribution in [0.2, 0.25) is 0 Å². The summed E-state index contributed by atoms with van der Waals surface area (Å²) in [7, 11) is 0. The lowest BCUT2D eigenvalue weighted by Gasteiger charge is -2.06.